The van der Waals surface area contributed by atoms with Crippen LogP contribution < -0.4 is 5.32 Å². The molecule has 1 amide bonds. The number of carbonyl (C=O) groups excluding carboxylic acids is 1. The van der Waals surface area contributed by atoms with Crippen molar-refractivity contribution in [2.24, 2.45) is 0 Å². The first kappa shape index (κ1) is 16.4. The van der Waals surface area contributed by atoms with Gasteiger partial charge in [0.1, 0.15) is 5.58 Å². The van der Waals surface area contributed by atoms with Crippen LogP contribution in [0.25, 0.3) is 11.0 Å². The average Bonchev–Trinajstić information content (AvgIpc) is 3.21. The highest BCUT2D eigenvalue weighted by Crippen LogP contribution is 2.44. The Morgan fingerprint density at radius 3 is 2.88 bits per heavy atom. The van der Waals surface area contributed by atoms with Gasteiger partial charge in [0, 0.05) is 27.2 Å². The summed E-state index contributed by atoms with van der Waals surface area (Å²) in [5.74, 6) is -0.437. The number of carbonyl (C=O) groups is 1. The summed E-state index contributed by atoms with van der Waals surface area (Å²) in [6.45, 7) is 1.98. The summed E-state index contributed by atoms with van der Waals surface area (Å²) < 4.78 is 6.39. The van der Waals surface area contributed by atoms with Crippen LogP contribution in [0.3, 0.4) is 0 Å². The maximum absolute atomic E-state index is 13.1. The van der Waals surface area contributed by atoms with Crippen molar-refractivity contribution in [3.8, 4) is 0 Å². The molecule has 0 spiro atoms. The third kappa shape index (κ3) is 2.49. The van der Waals surface area contributed by atoms with Gasteiger partial charge in [0.05, 0.1) is 17.7 Å². The van der Waals surface area contributed by atoms with E-state index in [1.165, 1.54) is 4.90 Å². The van der Waals surface area contributed by atoms with E-state index in [0.717, 1.165) is 25.9 Å². The molecular weight excluding hydrogens is 402 g/mol. The molecule has 0 unspecified atom stereocenters. The minimum Gasteiger partial charge on any atom is -0.464 e. The molecule has 1 aliphatic heterocycles. The Labute approximate surface area is 157 Å². The standard InChI is InChI=1S/C18H16BrN3O2S/c1-18(14-8-12(19)9-25-14)15(16(23)22(2)17(20)21-18)11-3-4-13-10(7-11)5-6-24-13/h3-9,15H,1-2H3,(H2,20,21)/t15-,18+/m0/s1. The predicted molar refractivity (Wildman–Crippen MR) is 102 cm³/mol. The van der Waals surface area contributed by atoms with Gasteiger partial charge in [-0.15, -0.1) is 11.3 Å². The fourth-order valence-corrected chi connectivity index (χ4v) is 4.96. The zero-order chi connectivity index (χ0) is 17.8. The third-order valence-corrected chi connectivity index (χ3v) is 6.69. The number of thiophene rings is 1. The van der Waals surface area contributed by atoms with Gasteiger partial charge in [0.25, 0.3) is 0 Å². The summed E-state index contributed by atoms with van der Waals surface area (Å²) in [4.78, 5) is 15.5. The molecule has 2 atom stereocenters. The zero-order valence-corrected chi connectivity index (χ0v) is 16.1. The number of hydrogen-bond acceptors (Lipinski definition) is 4. The molecule has 4 rings (SSSR count). The molecule has 2 aromatic heterocycles. The van der Waals surface area contributed by atoms with Crippen molar-refractivity contribution in [3.05, 3.63) is 56.9 Å². The van der Waals surface area contributed by atoms with Crippen LogP contribution in [0.5, 0.6) is 0 Å². The van der Waals surface area contributed by atoms with E-state index in [1.807, 2.05) is 42.6 Å². The molecule has 1 aromatic carbocycles. The van der Waals surface area contributed by atoms with E-state index in [0.29, 0.717) is 0 Å². The van der Waals surface area contributed by atoms with Gasteiger partial charge >= 0.3 is 0 Å². The largest absolute Gasteiger partial charge is 0.464 e. The van der Waals surface area contributed by atoms with Crippen molar-refractivity contribution in [2.75, 3.05) is 7.05 Å². The van der Waals surface area contributed by atoms with Gasteiger partial charge in [-0.2, -0.15) is 0 Å². The maximum Gasteiger partial charge on any atom is 0.239 e. The van der Waals surface area contributed by atoms with E-state index in [1.54, 1.807) is 24.6 Å². The highest BCUT2D eigenvalue weighted by molar-refractivity contribution is 9.10. The molecule has 3 aromatic rings. The number of nitrogens with zero attached hydrogens (tertiary/aromatic N) is 1. The van der Waals surface area contributed by atoms with E-state index in [-0.39, 0.29) is 11.9 Å². The number of amides is 1. The van der Waals surface area contributed by atoms with Crippen LogP contribution >= 0.6 is 27.3 Å². The van der Waals surface area contributed by atoms with Gasteiger partial charge in [-0.25, -0.2) is 0 Å². The Kier molecular flexibility index (Phi) is 3.73. The van der Waals surface area contributed by atoms with Crippen LogP contribution in [0.2, 0.25) is 0 Å². The molecule has 1 saturated heterocycles. The quantitative estimate of drug-likeness (QED) is 0.654. The summed E-state index contributed by atoms with van der Waals surface area (Å²) in [5, 5.41) is 14.4. The number of fused-ring (bicyclic) bond motifs is 1. The first-order valence-electron chi connectivity index (χ1n) is 7.76. The molecule has 0 saturated carbocycles. The van der Waals surface area contributed by atoms with E-state index >= 15 is 0 Å². The molecule has 5 nitrogen and oxygen atoms in total. The summed E-state index contributed by atoms with van der Waals surface area (Å²) in [5.41, 5.74) is 0.994. The van der Waals surface area contributed by atoms with E-state index in [4.69, 9.17) is 9.83 Å². The maximum atomic E-state index is 13.1. The Bertz CT molecular complexity index is 995. The van der Waals surface area contributed by atoms with Crippen LogP contribution in [-0.4, -0.2) is 23.8 Å². The second kappa shape index (κ2) is 5.71. The van der Waals surface area contributed by atoms with Crippen LogP contribution in [0, 0.1) is 5.41 Å². The lowest BCUT2D eigenvalue weighted by Gasteiger charge is -2.45. The van der Waals surface area contributed by atoms with Crippen molar-refractivity contribution in [2.45, 2.75) is 18.4 Å². The van der Waals surface area contributed by atoms with Crippen LogP contribution in [-0.2, 0) is 10.3 Å². The third-order valence-electron chi connectivity index (χ3n) is 4.76. The molecule has 128 valence electrons. The van der Waals surface area contributed by atoms with Gasteiger partial charge < -0.3 is 9.73 Å². The number of halogens is 1. The summed E-state index contributed by atoms with van der Waals surface area (Å²) in [7, 11) is 1.63. The Morgan fingerprint density at radius 2 is 2.16 bits per heavy atom. The minimum absolute atomic E-state index is 0.0985. The topological polar surface area (TPSA) is 69.3 Å². The van der Waals surface area contributed by atoms with Crippen molar-refractivity contribution in [3.63, 3.8) is 0 Å². The first-order valence-corrected chi connectivity index (χ1v) is 9.43. The number of rotatable bonds is 2. The molecule has 3 heterocycles. The first-order chi connectivity index (χ1) is 11.9. The Balaban J connectivity index is 1.90. The number of hydrogen-bond donors (Lipinski definition) is 2. The molecule has 0 radical (unpaired) electrons. The number of guanidine groups is 1. The van der Waals surface area contributed by atoms with Crippen molar-refractivity contribution in [1.29, 1.82) is 5.41 Å². The summed E-state index contributed by atoms with van der Waals surface area (Å²) >= 11 is 5.06. The fourth-order valence-electron chi connectivity index (χ4n) is 3.38. The smallest absolute Gasteiger partial charge is 0.239 e. The fraction of sp³-hybridized carbons (Fsp3) is 0.222. The molecule has 25 heavy (non-hydrogen) atoms. The molecule has 7 heteroatoms. The highest BCUT2D eigenvalue weighted by atomic mass is 79.9. The van der Waals surface area contributed by atoms with Crippen LogP contribution in [0.1, 0.15) is 23.3 Å². The number of furan rings is 1. The van der Waals surface area contributed by atoms with Crippen molar-refractivity contribution in [1.82, 2.24) is 10.2 Å². The zero-order valence-electron chi connectivity index (χ0n) is 13.7. The van der Waals surface area contributed by atoms with Gasteiger partial charge in [-0.3, -0.25) is 15.1 Å². The van der Waals surface area contributed by atoms with Crippen molar-refractivity contribution < 1.29 is 9.21 Å². The normalized spacial score (nSPS) is 24.0. The number of likely N-dealkylation sites (N-methyl/N-ethyl adjacent to an activating group) is 1. The summed E-state index contributed by atoms with van der Waals surface area (Å²) in [6.07, 6.45) is 1.65. The van der Waals surface area contributed by atoms with Crippen LogP contribution in [0.4, 0.5) is 0 Å². The molecular formula is C18H16BrN3O2S. The lowest BCUT2D eigenvalue weighted by molar-refractivity contribution is -0.131. The molecule has 0 aliphatic carbocycles. The van der Waals surface area contributed by atoms with Gasteiger partial charge in [-0.05, 0) is 52.7 Å². The van der Waals surface area contributed by atoms with Crippen LogP contribution in [0.15, 0.2) is 50.9 Å². The lowest BCUT2D eigenvalue weighted by Crippen LogP contribution is -2.62. The van der Waals surface area contributed by atoms with Gasteiger partial charge in [0.15, 0.2) is 5.96 Å². The number of nitrogens with one attached hydrogen (secondary N) is 2. The molecule has 1 fully saturated rings. The lowest BCUT2D eigenvalue weighted by atomic mass is 9.77. The predicted octanol–water partition coefficient (Wildman–Crippen LogP) is 4.25. The molecule has 1 aliphatic rings. The van der Waals surface area contributed by atoms with E-state index < -0.39 is 11.5 Å². The van der Waals surface area contributed by atoms with Gasteiger partial charge in [-0.1, -0.05) is 6.07 Å². The summed E-state index contributed by atoms with van der Waals surface area (Å²) in [6, 6.07) is 9.71. The highest BCUT2D eigenvalue weighted by Gasteiger charge is 2.49. The molecule has 2 N–H and O–H groups in total. The number of benzene rings is 1. The Morgan fingerprint density at radius 1 is 1.36 bits per heavy atom. The molecule has 0 bridgehead atoms. The second-order valence-corrected chi connectivity index (χ2v) is 8.18. The second-order valence-electron chi connectivity index (χ2n) is 6.35. The Hall–Kier alpha value is -2.12. The SMILES string of the molecule is CN1C(=N)N[C@](C)(c2cc(Br)cs2)[C@@H](c2ccc3occc3c2)C1=O. The monoisotopic (exact) mass is 417 g/mol. The van der Waals surface area contributed by atoms with Gasteiger partial charge in [0.2, 0.25) is 5.91 Å². The van der Waals surface area contributed by atoms with E-state index in [2.05, 4.69) is 21.2 Å². The van der Waals surface area contributed by atoms with Crippen molar-refractivity contribution >= 4 is 50.1 Å². The average molecular weight is 418 g/mol. The van der Waals surface area contributed by atoms with E-state index in [9.17, 15) is 4.79 Å². The minimum atomic E-state index is -0.700.